The van der Waals surface area contributed by atoms with Gasteiger partial charge in [0.25, 0.3) is 5.56 Å². The molecule has 0 saturated heterocycles. The van der Waals surface area contributed by atoms with Crippen LogP contribution in [-0.4, -0.2) is 29.6 Å². The summed E-state index contributed by atoms with van der Waals surface area (Å²) in [5.74, 6) is 0.379. The van der Waals surface area contributed by atoms with E-state index in [-0.39, 0.29) is 23.8 Å². The first-order valence-corrected chi connectivity index (χ1v) is 8.41. The Hall–Kier alpha value is -3.03. The summed E-state index contributed by atoms with van der Waals surface area (Å²) >= 11 is 0. The van der Waals surface area contributed by atoms with Crippen LogP contribution in [0, 0.1) is 0 Å². The number of methoxy groups -OCH3 is 1. The van der Waals surface area contributed by atoms with E-state index in [0.717, 1.165) is 18.4 Å². The Morgan fingerprint density at radius 1 is 1.27 bits per heavy atom. The minimum atomic E-state index is -0.675. The molecule has 0 fully saturated rings. The number of H-pyrrole nitrogens is 1. The van der Waals surface area contributed by atoms with Crippen molar-refractivity contribution in [3.8, 4) is 5.75 Å². The highest BCUT2D eigenvalue weighted by Crippen LogP contribution is 2.18. The highest BCUT2D eigenvalue weighted by Gasteiger charge is 2.21. The zero-order valence-electron chi connectivity index (χ0n) is 15.2. The molecule has 0 aliphatic rings. The number of amides is 1. The summed E-state index contributed by atoms with van der Waals surface area (Å²) in [6.07, 6.45) is 1.69. The van der Waals surface area contributed by atoms with E-state index in [9.17, 15) is 14.4 Å². The number of nitrogens with one attached hydrogen (secondary N) is 1. The topological polar surface area (TPSA) is 110 Å². The summed E-state index contributed by atoms with van der Waals surface area (Å²) in [6, 6.07) is 7.07. The Bertz CT molecular complexity index is 884. The number of aromatic amines is 1. The largest absolute Gasteiger partial charge is 0.497 e. The minimum Gasteiger partial charge on any atom is -0.497 e. The maximum absolute atomic E-state index is 12.6. The summed E-state index contributed by atoms with van der Waals surface area (Å²) in [5.41, 5.74) is 5.54. The number of unbranched alkanes of at least 4 members (excludes halogenated alkanes) is 1. The third-order valence-corrected chi connectivity index (χ3v) is 4.17. The first-order chi connectivity index (χ1) is 12.4. The molecule has 0 unspecified atom stereocenters. The van der Waals surface area contributed by atoms with Gasteiger partial charge in [-0.1, -0.05) is 25.5 Å². The average molecular weight is 360 g/mol. The van der Waals surface area contributed by atoms with Gasteiger partial charge in [-0.05, 0) is 24.1 Å². The van der Waals surface area contributed by atoms with Gasteiger partial charge in [0, 0.05) is 13.6 Å². The van der Waals surface area contributed by atoms with Crippen LogP contribution in [0.3, 0.4) is 0 Å². The molecule has 8 heteroatoms. The van der Waals surface area contributed by atoms with E-state index in [1.807, 2.05) is 6.92 Å². The molecule has 26 heavy (non-hydrogen) atoms. The molecule has 8 nitrogen and oxygen atoms in total. The van der Waals surface area contributed by atoms with E-state index in [4.69, 9.17) is 10.5 Å². The second kappa shape index (κ2) is 8.37. The van der Waals surface area contributed by atoms with Crippen LogP contribution < -0.4 is 26.6 Å². The predicted molar refractivity (Wildman–Crippen MR) is 101 cm³/mol. The molecule has 3 N–H and O–H groups in total. The number of anilines is 2. The van der Waals surface area contributed by atoms with Gasteiger partial charge in [0.15, 0.2) is 5.69 Å². The highest BCUT2D eigenvalue weighted by molar-refractivity contribution is 5.96. The van der Waals surface area contributed by atoms with Crippen molar-refractivity contribution in [3.05, 3.63) is 50.7 Å². The van der Waals surface area contributed by atoms with Crippen molar-refractivity contribution in [2.24, 2.45) is 0 Å². The predicted octanol–water partition coefficient (Wildman–Crippen LogP) is 1.13. The second-order valence-electron chi connectivity index (χ2n) is 5.98. The number of benzene rings is 1. The standard InChI is InChI=1S/C18H24N4O4/c1-4-5-10-22-16(19)15(17(24)20-18(22)25)21(2)14(23)11-12-6-8-13(26-3)9-7-12/h6-9H,4-5,10-11,19H2,1-3H3,(H,20,24,25). The molecular formula is C18H24N4O4. The van der Waals surface area contributed by atoms with Gasteiger partial charge in [-0.25, -0.2) is 4.79 Å². The molecule has 1 heterocycles. The Labute approximate surface area is 151 Å². The van der Waals surface area contributed by atoms with Crippen molar-refractivity contribution in [2.45, 2.75) is 32.7 Å². The van der Waals surface area contributed by atoms with Crippen LogP contribution in [0.5, 0.6) is 5.75 Å². The van der Waals surface area contributed by atoms with Crippen LogP contribution in [0.4, 0.5) is 11.5 Å². The number of aromatic nitrogens is 2. The lowest BCUT2D eigenvalue weighted by atomic mass is 10.1. The van der Waals surface area contributed by atoms with Gasteiger partial charge in [-0.15, -0.1) is 0 Å². The molecule has 0 atom stereocenters. The van der Waals surface area contributed by atoms with Crippen LogP contribution in [0.25, 0.3) is 0 Å². The number of nitrogen functional groups attached to an aromatic ring is 1. The summed E-state index contributed by atoms with van der Waals surface area (Å²) < 4.78 is 6.38. The van der Waals surface area contributed by atoms with Crippen molar-refractivity contribution in [1.82, 2.24) is 9.55 Å². The molecule has 0 radical (unpaired) electrons. The molecule has 2 rings (SSSR count). The normalized spacial score (nSPS) is 10.6. The van der Waals surface area contributed by atoms with Gasteiger partial charge < -0.3 is 15.4 Å². The maximum Gasteiger partial charge on any atom is 0.330 e. The minimum absolute atomic E-state index is 0.00205. The van der Waals surface area contributed by atoms with Gasteiger partial charge in [-0.3, -0.25) is 19.1 Å². The number of ether oxygens (including phenoxy) is 1. The fourth-order valence-corrected chi connectivity index (χ4v) is 2.60. The van der Waals surface area contributed by atoms with Gasteiger partial charge in [0.1, 0.15) is 11.6 Å². The van der Waals surface area contributed by atoms with E-state index in [0.29, 0.717) is 12.3 Å². The molecule has 1 amide bonds. The highest BCUT2D eigenvalue weighted by atomic mass is 16.5. The van der Waals surface area contributed by atoms with Gasteiger partial charge in [0.05, 0.1) is 13.5 Å². The Balaban J connectivity index is 2.29. The zero-order chi connectivity index (χ0) is 19.3. The summed E-state index contributed by atoms with van der Waals surface area (Å²) in [5, 5.41) is 0. The Morgan fingerprint density at radius 2 is 1.92 bits per heavy atom. The number of hydrogen-bond acceptors (Lipinski definition) is 5. The number of carbonyl (C=O) groups is 1. The van der Waals surface area contributed by atoms with Crippen molar-refractivity contribution in [1.29, 1.82) is 0 Å². The number of nitrogens with two attached hydrogens (primary N) is 1. The van der Waals surface area contributed by atoms with Crippen molar-refractivity contribution in [3.63, 3.8) is 0 Å². The molecule has 0 bridgehead atoms. The first kappa shape index (κ1) is 19.3. The van der Waals surface area contributed by atoms with E-state index < -0.39 is 11.2 Å². The SMILES string of the molecule is CCCCn1c(N)c(N(C)C(=O)Cc2ccc(OC)cc2)c(=O)[nH]c1=O. The number of likely N-dealkylation sites (N-methyl/N-ethyl adjacent to an activating group) is 1. The molecule has 0 aliphatic carbocycles. The van der Waals surface area contributed by atoms with Crippen molar-refractivity contribution >= 4 is 17.4 Å². The lowest BCUT2D eigenvalue weighted by Gasteiger charge is -2.20. The number of carbonyl (C=O) groups excluding carboxylic acids is 1. The Kier molecular flexibility index (Phi) is 6.21. The van der Waals surface area contributed by atoms with E-state index in [1.54, 1.807) is 31.4 Å². The van der Waals surface area contributed by atoms with E-state index in [1.165, 1.54) is 16.5 Å². The average Bonchev–Trinajstić information content (AvgIpc) is 2.61. The third kappa shape index (κ3) is 4.14. The molecule has 0 spiro atoms. The molecular weight excluding hydrogens is 336 g/mol. The van der Waals surface area contributed by atoms with Crippen LogP contribution in [0.2, 0.25) is 0 Å². The number of hydrogen-bond donors (Lipinski definition) is 2. The molecule has 1 aromatic heterocycles. The number of rotatable bonds is 7. The number of nitrogens with zero attached hydrogens (tertiary/aromatic N) is 2. The van der Waals surface area contributed by atoms with E-state index >= 15 is 0 Å². The third-order valence-electron chi connectivity index (χ3n) is 4.17. The maximum atomic E-state index is 12.6. The van der Waals surface area contributed by atoms with Crippen LogP contribution in [-0.2, 0) is 17.8 Å². The molecule has 0 aliphatic heterocycles. The summed E-state index contributed by atoms with van der Waals surface area (Å²) in [6.45, 7) is 2.36. The van der Waals surface area contributed by atoms with Gasteiger partial charge in [-0.2, -0.15) is 0 Å². The quantitative estimate of drug-likeness (QED) is 0.769. The first-order valence-electron chi connectivity index (χ1n) is 8.41. The molecule has 2 aromatic rings. The molecule has 0 saturated carbocycles. The molecule has 140 valence electrons. The summed E-state index contributed by atoms with van der Waals surface area (Å²) in [7, 11) is 3.04. The van der Waals surface area contributed by atoms with Crippen LogP contribution >= 0.6 is 0 Å². The van der Waals surface area contributed by atoms with Crippen molar-refractivity contribution in [2.75, 3.05) is 24.8 Å². The van der Waals surface area contributed by atoms with Gasteiger partial charge >= 0.3 is 5.69 Å². The monoisotopic (exact) mass is 360 g/mol. The molecule has 1 aromatic carbocycles. The fraction of sp³-hybridized carbons (Fsp3) is 0.389. The Morgan fingerprint density at radius 3 is 2.50 bits per heavy atom. The lowest BCUT2D eigenvalue weighted by molar-refractivity contribution is -0.117. The van der Waals surface area contributed by atoms with Gasteiger partial charge in [0.2, 0.25) is 5.91 Å². The zero-order valence-corrected chi connectivity index (χ0v) is 15.2. The summed E-state index contributed by atoms with van der Waals surface area (Å²) in [4.78, 5) is 40.2. The van der Waals surface area contributed by atoms with Crippen LogP contribution in [0.1, 0.15) is 25.3 Å². The fourth-order valence-electron chi connectivity index (χ4n) is 2.60. The lowest BCUT2D eigenvalue weighted by Crippen LogP contribution is -2.39. The van der Waals surface area contributed by atoms with Crippen molar-refractivity contribution < 1.29 is 9.53 Å². The second-order valence-corrected chi connectivity index (χ2v) is 5.98. The van der Waals surface area contributed by atoms with E-state index in [2.05, 4.69) is 4.98 Å². The smallest absolute Gasteiger partial charge is 0.330 e. The van der Waals surface area contributed by atoms with Crippen LogP contribution in [0.15, 0.2) is 33.9 Å².